The molecule has 1 heterocycles. The number of nitrogens with zero attached hydrogens (tertiary/aromatic N) is 1. The molecule has 0 saturated carbocycles. The van der Waals surface area contributed by atoms with Crippen LogP contribution in [0.15, 0.2) is 0 Å². The van der Waals surface area contributed by atoms with Gasteiger partial charge in [-0.05, 0) is 44.4 Å². The van der Waals surface area contributed by atoms with E-state index in [9.17, 15) is 4.79 Å². The maximum Gasteiger partial charge on any atom is 0.222 e. The first-order chi connectivity index (χ1) is 7.25. The molecule has 0 aliphatic carbocycles. The van der Waals surface area contributed by atoms with Crippen molar-refractivity contribution in [3.63, 3.8) is 0 Å². The van der Waals surface area contributed by atoms with Crippen molar-refractivity contribution in [1.29, 1.82) is 0 Å². The van der Waals surface area contributed by atoms with E-state index in [-0.39, 0.29) is 12.4 Å². The number of carbonyl (C=O) groups excluding carboxylic acids is 1. The van der Waals surface area contributed by atoms with Gasteiger partial charge in [-0.1, -0.05) is 0 Å². The summed E-state index contributed by atoms with van der Waals surface area (Å²) in [5, 5.41) is 3.32. The molecular formula is C11H23ClN2OS. The van der Waals surface area contributed by atoms with Gasteiger partial charge >= 0.3 is 0 Å². The molecule has 0 atom stereocenters. The highest BCUT2D eigenvalue weighted by molar-refractivity contribution is 7.98. The number of hydrogen-bond acceptors (Lipinski definition) is 3. The first-order valence-electron chi connectivity index (χ1n) is 5.71. The molecule has 0 aromatic heterocycles. The molecule has 1 aliphatic rings. The summed E-state index contributed by atoms with van der Waals surface area (Å²) in [6.07, 6.45) is 6.01. The van der Waals surface area contributed by atoms with E-state index in [1.807, 2.05) is 23.7 Å². The van der Waals surface area contributed by atoms with Gasteiger partial charge in [-0.15, -0.1) is 12.4 Å². The number of carbonyl (C=O) groups is 1. The second kappa shape index (κ2) is 9.14. The van der Waals surface area contributed by atoms with Crippen molar-refractivity contribution in [3.8, 4) is 0 Å². The summed E-state index contributed by atoms with van der Waals surface area (Å²) in [6.45, 7) is 2.10. The number of piperidine rings is 1. The molecular weight excluding hydrogens is 244 g/mol. The molecule has 0 unspecified atom stereocenters. The van der Waals surface area contributed by atoms with E-state index in [1.165, 1.54) is 0 Å². The van der Waals surface area contributed by atoms with Crippen LogP contribution in [0.3, 0.4) is 0 Å². The third kappa shape index (κ3) is 5.41. The maximum atomic E-state index is 11.8. The summed E-state index contributed by atoms with van der Waals surface area (Å²) in [7, 11) is 1.96. The molecule has 0 radical (unpaired) electrons. The van der Waals surface area contributed by atoms with Gasteiger partial charge in [0.1, 0.15) is 0 Å². The minimum Gasteiger partial charge on any atom is -0.343 e. The number of hydrogen-bond donors (Lipinski definition) is 1. The van der Waals surface area contributed by atoms with Crippen LogP contribution >= 0.6 is 24.2 Å². The molecule has 0 spiro atoms. The molecule has 3 nitrogen and oxygen atoms in total. The first kappa shape index (κ1) is 16.1. The predicted molar refractivity (Wildman–Crippen MR) is 73.5 cm³/mol. The monoisotopic (exact) mass is 266 g/mol. The van der Waals surface area contributed by atoms with E-state index in [0.717, 1.165) is 38.1 Å². The lowest BCUT2D eigenvalue weighted by Gasteiger charge is -2.31. The fourth-order valence-electron chi connectivity index (χ4n) is 1.94. The fourth-order valence-corrected chi connectivity index (χ4v) is 2.37. The van der Waals surface area contributed by atoms with Gasteiger partial charge in [-0.25, -0.2) is 0 Å². The number of rotatable bonds is 5. The average molecular weight is 267 g/mol. The molecule has 1 amide bonds. The minimum atomic E-state index is 0. The Labute approximate surface area is 109 Å². The Hall–Kier alpha value is 0.0700. The molecule has 5 heteroatoms. The molecule has 1 N–H and O–H groups in total. The van der Waals surface area contributed by atoms with Gasteiger partial charge in [0.2, 0.25) is 5.91 Å². The van der Waals surface area contributed by atoms with Crippen LogP contribution < -0.4 is 5.32 Å². The normalized spacial score (nSPS) is 16.6. The van der Waals surface area contributed by atoms with Crippen LogP contribution in [-0.2, 0) is 4.79 Å². The highest BCUT2D eigenvalue weighted by Gasteiger charge is 2.20. The van der Waals surface area contributed by atoms with Gasteiger partial charge in [-0.2, -0.15) is 11.8 Å². The highest BCUT2D eigenvalue weighted by atomic mass is 35.5. The van der Waals surface area contributed by atoms with Crippen LogP contribution in [0.25, 0.3) is 0 Å². The summed E-state index contributed by atoms with van der Waals surface area (Å²) >= 11 is 1.81. The number of halogens is 1. The lowest BCUT2D eigenvalue weighted by molar-refractivity contribution is -0.132. The molecule has 96 valence electrons. The van der Waals surface area contributed by atoms with Gasteiger partial charge < -0.3 is 10.2 Å². The SMILES string of the molecule is CSCCCC(=O)N(C)C1CCNCC1.Cl. The van der Waals surface area contributed by atoms with Crippen molar-refractivity contribution in [1.82, 2.24) is 10.2 Å². The summed E-state index contributed by atoms with van der Waals surface area (Å²) in [4.78, 5) is 13.8. The summed E-state index contributed by atoms with van der Waals surface area (Å²) in [5.41, 5.74) is 0. The molecule has 1 saturated heterocycles. The van der Waals surface area contributed by atoms with Crippen LogP contribution in [0.1, 0.15) is 25.7 Å². The zero-order valence-corrected chi connectivity index (χ0v) is 11.8. The summed E-state index contributed by atoms with van der Waals surface area (Å²) in [6, 6.07) is 0.466. The van der Waals surface area contributed by atoms with Gasteiger partial charge in [0.25, 0.3) is 0 Å². The third-order valence-corrected chi connectivity index (χ3v) is 3.69. The van der Waals surface area contributed by atoms with Crippen LogP contribution in [0.2, 0.25) is 0 Å². The average Bonchev–Trinajstić information content (AvgIpc) is 2.29. The van der Waals surface area contributed by atoms with E-state index in [0.29, 0.717) is 18.4 Å². The van der Waals surface area contributed by atoms with Crippen molar-refractivity contribution >= 4 is 30.1 Å². The van der Waals surface area contributed by atoms with Crippen molar-refractivity contribution in [2.75, 3.05) is 32.1 Å². The minimum absolute atomic E-state index is 0. The van der Waals surface area contributed by atoms with Crippen molar-refractivity contribution in [2.24, 2.45) is 0 Å². The molecule has 1 aliphatic heterocycles. The lowest BCUT2D eigenvalue weighted by Crippen LogP contribution is -2.43. The zero-order chi connectivity index (χ0) is 11.1. The van der Waals surface area contributed by atoms with Crippen molar-refractivity contribution < 1.29 is 4.79 Å². The third-order valence-electron chi connectivity index (χ3n) is 2.99. The molecule has 16 heavy (non-hydrogen) atoms. The Balaban J connectivity index is 0.00000225. The van der Waals surface area contributed by atoms with Crippen LogP contribution in [0, 0.1) is 0 Å². The summed E-state index contributed by atoms with van der Waals surface area (Å²) < 4.78 is 0. The number of amides is 1. The van der Waals surface area contributed by atoms with Crippen LogP contribution in [0.5, 0.6) is 0 Å². The molecule has 0 bridgehead atoms. The van der Waals surface area contributed by atoms with E-state index < -0.39 is 0 Å². The fraction of sp³-hybridized carbons (Fsp3) is 0.909. The van der Waals surface area contributed by atoms with Gasteiger partial charge in [-0.3, -0.25) is 4.79 Å². The lowest BCUT2D eigenvalue weighted by atomic mass is 10.0. The second-order valence-corrected chi connectivity index (χ2v) is 5.07. The molecule has 1 rings (SSSR count). The summed E-state index contributed by atoms with van der Waals surface area (Å²) in [5.74, 6) is 1.40. The first-order valence-corrected chi connectivity index (χ1v) is 7.10. The van der Waals surface area contributed by atoms with Crippen molar-refractivity contribution in [2.45, 2.75) is 31.7 Å². The Morgan fingerprint density at radius 3 is 2.62 bits per heavy atom. The number of nitrogens with one attached hydrogen (secondary N) is 1. The van der Waals surface area contributed by atoms with Crippen LogP contribution in [-0.4, -0.2) is 49.0 Å². The maximum absolute atomic E-state index is 11.8. The van der Waals surface area contributed by atoms with Crippen LogP contribution in [0.4, 0.5) is 0 Å². The number of thioether (sulfide) groups is 1. The molecule has 0 aromatic rings. The standard InChI is InChI=1S/C11H22N2OS.ClH/c1-13(10-5-7-12-8-6-10)11(14)4-3-9-15-2;/h10,12H,3-9H2,1-2H3;1H. The Kier molecular flexibility index (Phi) is 9.18. The van der Waals surface area contributed by atoms with Gasteiger partial charge in [0, 0.05) is 19.5 Å². The smallest absolute Gasteiger partial charge is 0.222 e. The van der Waals surface area contributed by atoms with E-state index >= 15 is 0 Å². The quantitative estimate of drug-likeness (QED) is 0.770. The van der Waals surface area contributed by atoms with E-state index in [1.54, 1.807) is 0 Å². The largest absolute Gasteiger partial charge is 0.343 e. The van der Waals surface area contributed by atoms with Gasteiger partial charge in [0.15, 0.2) is 0 Å². The highest BCUT2D eigenvalue weighted by Crippen LogP contribution is 2.12. The van der Waals surface area contributed by atoms with E-state index in [2.05, 4.69) is 11.6 Å². The molecule has 1 fully saturated rings. The topological polar surface area (TPSA) is 32.3 Å². The Bertz CT molecular complexity index is 198. The predicted octanol–water partition coefficient (Wildman–Crippen LogP) is 1.76. The second-order valence-electron chi connectivity index (χ2n) is 4.08. The Morgan fingerprint density at radius 1 is 1.44 bits per heavy atom. The van der Waals surface area contributed by atoms with Gasteiger partial charge in [0.05, 0.1) is 0 Å². The Morgan fingerprint density at radius 2 is 2.06 bits per heavy atom. The van der Waals surface area contributed by atoms with Crippen molar-refractivity contribution in [3.05, 3.63) is 0 Å². The van der Waals surface area contributed by atoms with E-state index in [4.69, 9.17) is 0 Å². The zero-order valence-electron chi connectivity index (χ0n) is 10.2. The molecule has 0 aromatic carbocycles.